The third kappa shape index (κ3) is 3.66. The molecule has 1 heterocycles. The van der Waals surface area contributed by atoms with E-state index >= 15 is 0 Å². The number of carboxylic acid groups (broad SMARTS) is 1. The number of hydrogen-bond acceptors (Lipinski definition) is 4. The Bertz CT molecular complexity index is 609. The molecule has 0 spiro atoms. The molecule has 0 fully saturated rings. The summed E-state index contributed by atoms with van der Waals surface area (Å²) >= 11 is 0. The summed E-state index contributed by atoms with van der Waals surface area (Å²) in [5.74, 6) is -1.90. The molecule has 1 amide bonds. The van der Waals surface area contributed by atoms with Crippen LogP contribution in [0.2, 0.25) is 0 Å². The highest BCUT2D eigenvalue weighted by Gasteiger charge is 2.29. The summed E-state index contributed by atoms with van der Waals surface area (Å²) in [6.07, 6.45) is -0.249. The molecule has 7 heteroatoms. The Labute approximate surface area is 127 Å². The van der Waals surface area contributed by atoms with Crippen LogP contribution < -0.4 is 10.1 Å². The van der Waals surface area contributed by atoms with Gasteiger partial charge >= 0.3 is 12.1 Å². The molecule has 1 aliphatic heterocycles. The Morgan fingerprint density at radius 2 is 2.09 bits per heavy atom. The summed E-state index contributed by atoms with van der Waals surface area (Å²) in [6, 6.07) is 1.51. The average molecular weight is 311 g/mol. The quantitative estimate of drug-likeness (QED) is 0.877. The number of rotatable bonds is 2. The lowest BCUT2D eigenvalue weighted by Gasteiger charge is -2.29. The highest BCUT2D eigenvalue weighted by atomic mass is 19.1. The molecule has 1 aromatic rings. The first kappa shape index (κ1) is 16.1. The number of benzene rings is 1. The fourth-order valence-electron chi connectivity index (χ4n) is 2.23. The molecule has 0 saturated heterocycles. The fourth-order valence-corrected chi connectivity index (χ4v) is 2.23. The van der Waals surface area contributed by atoms with Gasteiger partial charge in [0.1, 0.15) is 22.7 Å². The number of aromatic carboxylic acids is 1. The molecular formula is C15H18FNO5. The summed E-state index contributed by atoms with van der Waals surface area (Å²) < 4.78 is 24.1. The van der Waals surface area contributed by atoms with Crippen LogP contribution in [0.4, 0.5) is 9.18 Å². The van der Waals surface area contributed by atoms with E-state index in [0.717, 1.165) is 6.07 Å². The van der Waals surface area contributed by atoms with Gasteiger partial charge in [-0.2, -0.15) is 0 Å². The largest absolute Gasteiger partial charge is 0.492 e. The van der Waals surface area contributed by atoms with E-state index < -0.39 is 29.5 Å². The predicted octanol–water partition coefficient (Wildman–Crippen LogP) is 2.87. The number of alkyl carbamates (subject to hydrolysis) is 1. The lowest BCUT2D eigenvalue weighted by Crippen LogP contribution is -2.37. The van der Waals surface area contributed by atoms with Crippen molar-refractivity contribution in [3.63, 3.8) is 0 Å². The molecule has 6 nitrogen and oxygen atoms in total. The van der Waals surface area contributed by atoms with Crippen molar-refractivity contribution in [3.8, 4) is 5.75 Å². The Morgan fingerprint density at radius 1 is 1.41 bits per heavy atom. The van der Waals surface area contributed by atoms with Crippen molar-refractivity contribution >= 4 is 12.1 Å². The Balaban J connectivity index is 2.29. The first-order valence-corrected chi connectivity index (χ1v) is 6.86. The lowest BCUT2D eigenvalue weighted by molar-refractivity contribution is 0.0490. The first-order chi connectivity index (χ1) is 10.2. The summed E-state index contributed by atoms with van der Waals surface area (Å²) in [6.45, 7) is 5.41. The summed E-state index contributed by atoms with van der Waals surface area (Å²) in [5.41, 5.74) is -0.619. The topological polar surface area (TPSA) is 84.9 Å². The molecule has 1 atom stereocenters. The number of carboxylic acids is 1. The number of amides is 1. The van der Waals surface area contributed by atoms with E-state index in [0.29, 0.717) is 12.0 Å². The molecule has 1 aliphatic rings. The van der Waals surface area contributed by atoms with Gasteiger partial charge in [0.15, 0.2) is 0 Å². The molecule has 22 heavy (non-hydrogen) atoms. The van der Waals surface area contributed by atoms with E-state index in [9.17, 15) is 14.0 Å². The molecular weight excluding hydrogens is 293 g/mol. The lowest BCUT2D eigenvalue weighted by atomic mass is 9.97. The van der Waals surface area contributed by atoms with E-state index in [1.807, 2.05) is 0 Å². The normalized spacial score (nSPS) is 17.2. The minimum Gasteiger partial charge on any atom is -0.492 e. The number of ether oxygens (including phenoxy) is 2. The van der Waals surface area contributed by atoms with E-state index in [2.05, 4.69) is 5.32 Å². The highest BCUT2D eigenvalue weighted by Crippen LogP contribution is 2.36. The van der Waals surface area contributed by atoms with Crippen LogP contribution in [-0.2, 0) is 4.74 Å². The highest BCUT2D eigenvalue weighted by molar-refractivity contribution is 5.91. The number of carbonyl (C=O) groups is 2. The van der Waals surface area contributed by atoms with Gasteiger partial charge in [0.05, 0.1) is 12.6 Å². The SMILES string of the molecule is CC(C)(C)OC(=O)NC1CCOc2c(C(=O)O)cc(F)cc21. The number of fused-ring (bicyclic) bond motifs is 1. The van der Waals surface area contributed by atoms with Crippen molar-refractivity contribution in [3.05, 3.63) is 29.1 Å². The van der Waals surface area contributed by atoms with E-state index in [1.165, 1.54) is 6.07 Å². The molecule has 0 aromatic heterocycles. The molecule has 1 unspecified atom stereocenters. The standard InChI is InChI=1S/C15H18FNO5/c1-15(2,3)22-14(20)17-11-4-5-21-12-9(11)6-8(16)7-10(12)13(18)19/h6-7,11H,4-5H2,1-3H3,(H,17,20)(H,18,19). The maximum Gasteiger partial charge on any atom is 0.408 e. The van der Waals surface area contributed by atoms with E-state index in [4.69, 9.17) is 14.6 Å². The number of nitrogens with one attached hydrogen (secondary N) is 1. The van der Waals surface area contributed by atoms with Crippen LogP contribution in [0, 0.1) is 5.82 Å². The van der Waals surface area contributed by atoms with Gasteiger partial charge in [-0.3, -0.25) is 0 Å². The Morgan fingerprint density at radius 3 is 2.68 bits per heavy atom. The third-order valence-electron chi connectivity index (χ3n) is 3.03. The van der Waals surface area contributed by atoms with Gasteiger partial charge < -0.3 is 19.9 Å². The molecule has 1 aromatic carbocycles. The molecule has 2 N–H and O–H groups in total. The number of carbonyl (C=O) groups excluding carboxylic acids is 1. The minimum atomic E-state index is -1.28. The minimum absolute atomic E-state index is 0.0845. The van der Waals surface area contributed by atoms with Crippen molar-refractivity contribution in [1.82, 2.24) is 5.32 Å². The van der Waals surface area contributed by atoms with Crippen molar-refractivity contribution in [2.24, 2.45) is 0 Å². The maximum absolute atomic E-state index is 13.6. The van der Waals surface area contributed by atoms with Crippen molar-refractivity contribution in [1.29, 1.82) is 0 Å². The molecule has 2 rings (SSSR count). The van der Waals surface area contributed by atoms with Gasteiger partial charge in [-0.1, -0.05) is 0 Å². The van der Waals surface area contributed by atoms with Gasteiger partial charge in [0, 0.05) is 12.0 Å². The Hall–Kier alpha value is -2.31. The van der Waals surface area contributed by atoms with Gasteiger partial charge in [-0.25, -0.2) is 14.0 Å². The van der Waals surface area contributed by atoms with Gasteiger partial charge in [-0.15, -0.1) is 0 Å². The first-order valence-electron chi connectivity index (χ1n) is 6.86. The van der Waals surface area contributed by atoms with Crippen LogP contribution in [0.15, 0.2) is 12.1 Å². The fraction of sp³-hybridized carbons (Fsp3) is 0.467. The second-order valence-electron chi connectivity index (χ2n) is 6.01. The molecule has 0 saturated carbocycles. The van der Waals surface area contributed by atoms with E-state index in [-0.39, 0.29) is 17.9 Å². The Kier molecular flexibility index (Phi) is 4.25. The van der Waals surface area contributed by atoms with Crippen LogP contribution >= 0.6 is 0 Å². The molecule has 0 bridgehead atoms. The number of hydrogen-bond donors (Lipinski definition) is 2. The second kappa shape index (κ2) is 5.82. The van der Waals surface area contributed by atoms with Gasteiger partial charge in [0.25, 0.3) is 0 Å². The summed E-state index contributed by atoms with van der Waals surface area (Å²) in [7, 11) is 0. The molecule has 0 aliphatic carbocycles. The van der Waals surface area contributed by atoms with Crippen LogP contribution in [0.1, 0.15) is 49.2 Å². The van der Waals surface area contributed by atoms with Crippen LogP contribution in [0.3, 0.4) is 0 Å². The van der Waals surface area contributed by atoms with Crippen LogP contribution in [-0.4, -0.2) is 29.4 Å². The van der Waals surface area contributed by atoms with Gasteiger partial charge in [-0.05, 0) is 32.9 Å². The van der Waals surface area contributed by atoms with Crippen molar-refractivity contribution in [2.45, 2.75) is 38.8 Å². The number of halogens is 1. The monoisotopic (exact) mass is 311 g/mol. The third-order valence-corrected chi connectivity index (χ3v) is 3.03. The van der Waals surface area contributed by atoms with Crippen molar-refractivity contribution < 1.29 is 28.6 Å². The zero-order valence-corrected chi connectivity index (χ0v) is 12.6. The maximum atomic E-state index is 13.6. The zero-order valence-electron chi connectivity index (χ0n) is 12.6. The smallest absolute Gasteiger partial charge is 0.408 e. The van der Waals surface area contributed by atoms with Crippen molar-refractivity contribution in [2.75, 3.05) is 6.61 Å². The predicted molar refractivity (Wildman–Crippen MR) is 75.6 cm³/mol. The van der Waals surface area contributed by atoms with E-state index in [1.54, 1.807) is 20.8 Å². The summed E-state index contributed by atoms with van der Waals surface area (Å²) in [4.78, 5) is 23.0. The van der Waals surface area contributed by atoms with Crippen LogP contribution in [0.5, 0.6) is 5.75 Å². The second-order valence-corrected chi connectivity index (χ2v) is 6.01. The van der Waals surface area contributed by atoms with Gasteiger partial charge in [0.2, 0.25) is 0 Å². The summed E-state index contributed by atoms with van der Waals surface area (Å²) in [5, 5.41) is 11.8. The molecule has 0 radical (unpaired) electrons. The van der Waals surface area contributed by atoms with Crippen LogP contribution in [0.25, 0.3) is 0 Å². The molecule has 120 valence electrons. The average Bonchev–Trinajstić information content (AvgIpc) is 2.36. The zero-order chi connectivity index (χ0) is 16.5.